The van der Waals surface area contributed by atoms with Crippen LogP contribution in [0.5, 0.6) is 0 Å². The first-order valence-electron chi connectivity index (χ1n) is 6.29. The Bertz CT molecular complexity index is 767. The van der Waals surface area contributed by atoms with E-state index in [-0.39, 0.29) is 6.04 Å². The van der Waals surface area contributed by atoms with E-state index in [0.29, 0.717) is 4.90 Å². The fourth-order valence-corrected chi connectivity index (χ4v) is 6.78. The number of halogens is 1. The Morgan fingerprint density at radius 2 is 2.05 bits per heavy atom. The molecule has 3 rings (SSSR count). The highest BCUT2D eigenvalue weighted by Crippen LogP contribution is 2.39. The van der Waals surface area contributed by atoms with Gasteiger partial charge in [-0.15, -0.1) is 11.3 Å². The molecule has 0 bridgehead atoms. The van der Waals surface area contributed by atoms with Gasteiger partial charge >= 0.3 is 0 Å². The van der Waals surface area contributed by atoms with Crippen LogP contribution in [0, 0.1) is 6.92 Å². The van der Waals surface area contributed by atoms with Gasteiger partial charge in [0.25, 0.3) is 10.0 Å². The highest BCUT2D eigenvalue weighted by molar-refractivity contribution is 9.11. The standard InChI is InChI=1S/C14H14BrNO2S2/c1-9-7-11-5-3-4-6-12(11)16(9)20(17,18)13-8-14(15)19-10(13)2/h3-6,8-9H,7H2,1-2H3. The van der Waals surface area contributed by atoms with Crippen LogP contribution in [0.3, 0.4) is 0 Å². The second-order valence-corrected chi connectivity index (χ2v) is 9.37. The van der Waals surface area contributed by atoms with Crippen molar-refractivity contribution in [2.45, 2.75) is 31.2 Å². The Morgan fingerprint density at radius 1 is 1.35 bits per heavy atom. The summed E-state index contributed by atoms with van der Waals surface area (Å²) in [5.74, 6) is 0. The van der Waals surface area contributed by atoms with Crippen LogP contribution in [-0.2, 0) is 16.4 Å². The quantitative estimate of drug-likeness (QED) is 0.800. The minimum Gasteiger partial charge on any atom is -0.263 e. The van der Waals surface area contributed by atoms with Crippen LogP contribution in [0.25, 0.3) is 0 Å². The van der Waals surface area contributed by atoms with E-state index in [9.17, 15) is 8.42 Å². The van der Waals surface area contributed by atoms with Gasteiger partial charge in [0.2, 0.25) is 0 Å². The van der Waals surface area contributed by atoms with Gasteiger partial charge in [-0.3, -0.25) is 4.31 Å². The third-order valence-electron chi connectivity index (χ3n) is 3.52. The molecule has 0 fully saturated rings. The van der Waals surface area contributed by atoms with E-state index in [1.807, 2.05) is 38.1 Å². The van der Waals surface area contributed by atoms with Gasteiger partial charge in [0, 0.05) is 10.9 Å². The third kappa shape index (κ3) is 2.10. The number of nitrogens with zero attached hydrogens (tertiary/aromatic N) is 1. The van der Waals surface area contributed by atoms with Crippen molar-refractivity contribution in [2.24, 2.45) is 0 Å². The van der Waals surface area contributed by atoms with Crippen LogP contribution in [0.2, 0.25) is 0 Å². The molecule has 1 aliphatic rings. The minimum absolute atomic E-state index is 0.0459. The van der Waals surface area contributed by atoms with Gasteiger partial charge in [0.05, 0.1) is 9.47 Å². The molecule has 3 nitrogen and oxygen atoms in total. The molecule has 0 spiro atoms. The Labute approximate surface area is 131 Å². The van der Waals surface area contributed by atoms with Gasteiger partial charge in [0.15, 0.2) is 0 Å². The molecule has 0 amide bonds. The lowest BCUT2D eigenvalue weighted by Crippen LogP contribution is -2.35. The number of para-hydroxylation sites is 1. The van der Waals surface area contributed by atoms with E-state index < -0.39 is 10.0 Å². The minimum atomic E-state index is -3.50. The molecule has 20 heavy (non-hydrogen) atoms. The molecule has 1 aliphatic heterocycles. The molecule has 0 aliphatic carbocycles. The smallest absolute Gasteiger partial charge is 0.263 e. The number of hydrogen-bond donors (Lipinski definition) is 0. The van der Waals surface area contributed by atoms with Gasteiger partial charge in [-0.1, -0.05) is 18.2 Å². The summed E-state index contributed by atoms with van der Waals surface area (Å²) in [6.45, 7) is 3.79. The first-order chi connectivity index (χ1) is 9.41. The van der Waals surface area contributed by atoms with Crippen LogP contribution in [0.15, 0.2) is 39.0 Å². The Hall–Kier alpha value is -0.850. The number of rotatable bonds is 2. The maximum atomic E-state index is 13.0. The molecule has 2 heterocycles. The van der Waals surface area contributed by atoms with Gasteiger partial charge in [-0.2, -0.15) is 0 Å². The van der Waals surface area contributed by atoms with Gasteiger partial charge in [0.1, 0.15) is 4.90 Å². The second-order valence-electron chi connectivity index (χ2n) is 4.95. The average Bonchev–Trinajstić information content (AvgIpc) is 2.88. The fraction of sp³-hybridized carbons (Fsp3) is 0.286. The number of anilines is 1. The number of thiophene rings is 1. The first kappa shape index (κ1) is 14.1. The van der Waals surface area contributed by atoms with E-state index >= 15 is 0 Å². The van der Waals surface area contributed by atoms with E-state index in [4.69, 9.17) is 0 Å². The van der Waals surface area contributed by atoms with E-state index in [0.717, 1.165) is 26.3 Å². The third-order valence-corrected chi connectivity index (χ3v) is 7.26. The maximum absolute atomic E-state index is 13.0. The Balaban J connectivity index is 2.15. The molecule has 106 valence electrons. The normalized spacial score (nSPS) is 18.4. The number of benzene rings is 1. The second kappa shape index (κ2) is 4.86. The zero-order chi connectivity index (χ0) is 14.5. The Kier molecular flexibility index (Phi) is 3.43. The lowest BCUT2D eigenvalue weighted by molar-refractivity contribution is 0.584. The molecule has 1 unspecified atom stereocenters. The van der Waals surface area contributed by atoms with Gasteiger partial charge < -0.3 is 0 Å². The van der Waals surface area contributed by atoms with Crippen LogP contribution < -0.4 is 4.31 Å². The number of aryl methyl sites for hydroxylation is 1. The van der Waals surface area contributed by atoms with Crippen LogP contribution in [0.4, 0.5) is 5.69 Å². The zero-order valence-electron chi connectivity index (χ0n) is 11.1. The summed E-state index contributed by atoms with van der Waals surface area (Å²) in [5.41, 5.74) is 1.90. The predicted octanol–water partition coefficient (Wildman–Crippen LogP) is 3.96. The largest absolute Gasteiger partial charge is 0.265 e. The molecule has 6 heteroatoms. The van der Waals surface area contributed by atoms with Crippen LogP contribution >= 0.6 is 27.3 Å². The molecule has 1 atom stereocenters. The van der Waals surface area contributed by atoms with Crippen molar-refractivity contribution in [1.29, 1.82) is 0 Å². The summed E-state index contributed by atoms with van der Waals surface area (Å²) in [7, 11) is -3.50. The molecule has 1 aromatic carbocycles. The molecular formula is C14H14BrNO2S2. The Morgan fingerprint density at radius 3 is 2.70 bits per heavy atom. The lowest BCUT2D eigenvalue weighted by atomic mass is 10.1. The zero-order valence-corrected chi connectivity index (χ0v) is 14.3. The molecule has 0 N–H and O–H groups in total. The topological polar surface area (TPSA) is 37.4 Å². The molecule has 0 saturated carbocycles. The molecule has 1 aromatic heterocycles. The van der Waals surface area contributed by atoms with E-state index in [1.165, 1.54) is 11.3 Å². The lowest BCUT2D eigenvalue weighted by Gasteiger charge is -2.24. The summed E-state index contributed by atoms with van der Waals surface area (Å²) in [6.07, 6.45) is 0.764. The van der Waals surface area contributed by atoms with Crippen molar-refractivity contribution in [1.82, 2.24) is 0 Å². The van der Waals surface area contributed by atoms with Crippen molar-refractivity contribution in [3.63, 3.8) is 0 Å². The van der Waals surface area contributed by atoms with E-state index in [2.05, 4.69) is 15.9 Å². The molecule has 0 saturated heterocycles. The number of hydrogen-bond acceptors (Lipinski definition) is 3. The van der Waals surface area contributed by atoms with Crippen molar-refractivity contribution in [3.05, 3.63) is 44.6 Å². The number of fused-ring (bicyclic) bond motifs is 1. The van der Waals surface area contributed by atoms with Crippen molar-refractivity contribution < 1.29 is 8.42 Å². The van der Waals surface area contributed by atoms with Crippen molar-refractivity contribution in [3.8, 4) is 0 Å². The van der Waals surface area contributed by atoms with Crippen LogP contribution in [0.1, 0.15) is 17.4 Å². The highest BCUT2D eigenvalue weighted by Gasteiger charge is 2.37. The average molecular weight is 372 g/mol. The van der Waals surface area contributed by atoms with Crippen LogP contribution in [-0.4, -0.2) is 14.5 Å². The summed E-state index contributed by atoms with van der Waals surface area (Å²) >= 11 is 4.81. The van der Waals surface area contributed by atoms with Crippen molar-refractivity contribution in [2.75, 3.05) is 4.31 Å². The summed E-state index contributed by atoms with van der Waals surface area (Å²) in [4.78, 5) is 1.21. The number of sulfonamides is 1. The summed E-state index contributed by atoms with van der Waals surface area (Å²) in [6, 6.07) is 9.37. The molecular weight excluding hydrogens is 358 g/mol. The highest BCUT2D eigenvalue weighted by atomic mass is 79.9. The predicted molar refractivity (Wildman–Crippen MR) is 86.0 cm³/mol. The molecule has 0 radical (unpaired) electrons. The fourth-order valence-electron chi connectivity index (χ4n) is 2.70. The maximum Gasteiger partial charge on any atom is 0.265 e. The first-order valence-corrected chi connectivity index (χ1v) is 9.34. The summed E-state index contributed by atoms with van der Waals surface area (Å²) < 4.78 is 28.3. The SMILES string of the molecule is Cc1sc(Br)cc1S(=O)(=O)N1c2ccccc2CC1C. The monoisotopic (exact) mass is 371 g/mol. The van der Waals surface area contributed by atoms with Gasteiger partial charge in [-0.25, -0.2) is 8.42 Å². The van der Waals surface area contributed by atoms with E-state index in [1.54, 1.807) is 10.4 Å². The van der Waals surface area contributed by atoms with Gasteiger partial charge in [-0.05, 0) is 53.9 Å². The molecule has 2 aromatic rings. The summed E-state index contributed by atoms with van der Waals surface area (Å²) in [5, 5.41) is 0. The van der Waals surface area contributed by atoms with Crippen molar-refractivity contribution >= 4 is 43.0 Å².